The zero-order valence-electron chi connectivity index (χ0n) is 11.8. The molecule has 1 aliphatic rings. The number of hydrogen-bond donors (Lipinski definition) is 2. The van der Waals surface area contributed by atoms with E-state index < -0.39 is 16.1 Å². The fraction of sp³-hybridized carbons (Fsp3) is 0.385. The molecule has 0 unspecified atom stereocenters. The number of carbonyl (C=O) groups excluding carboxylic acids is 2. The van der Waals surface area contributed by atoms with Crippen molar-refractivity contribution in [3.8, 4) is 0 Å². The Hall–Kier alpha value is -1.93. The van der Waals surface area contributed by atoms with Gasteiger partial charge < -0.3 is 5.32 Å². The Morgan fingerprint density at radius 2 is 1.95 bits per heavy atom. The summed E-state index contributed by atoms with van der Waals surface area (Å²) < 4.78 is 26.6. The van der Waals surface area contributed by atoms with Crippen LogP contribution >= 0.6 is 0 Å². The number of carbonyl (C=O) groups is 2. The molecule has 7 nitrogen and oxygen atoms in total. The zero-order chi connectivity index (χ0) is 15.6. The highest BCUT2D eigenvalue weighted by molar-refractivity contribution is 7.89. The molecule has 1 heterocycles. The number of rotatable bonds is 5. The maximum atomic E-state index is 12.1. The number of hydrogen-bond acceptors (Lipinski definition) is 4. The van der Waals surface area contributed by atoms with Gasteiger partial charge in [0.1, 0.15) is 0 Å². The van der Waals surface area contributed by atoms with E-state index in [9.17, 15) is 18.0 Å². The minimum Gasteiger partial charge on any atom is -0.329 e. The fourth-order valence-electron chi connectivity index (χ4n) is 1.94. The Bertz CT molecular complexity index is 669. The number of urea groups is 1. The van der Waals surface area contributed by atoms with E-state index in [-0.39, 0.29) is 30.4 Å². The minimum atomic E-state index is -3.65. The van der Waals surface area contributed by atoms with Gasteiger partial charge in [0.05, 0.1) is 11.4 Å². The van der Waals surface area contributed by atoms with Crippen molar-refractivity contribution in [3.63, 3.8) is 0 Å². The SMILES string of the molecule is Cc1ccc(S(=O)(=O)NCCN2C(=O)CNC2=O)cc1C. The molecular formula is C13H17N3O4S. The molecule has 1 saturated heterocycles. The number of sulfonamides is 1. The molecule has 0 aliphatic carbocycles. The Balaban J connectivity index is 2.00. The normalized spacial score (nSPS) is 15.4. The van der Waals surface area contributed by atoms with Crippen LogP contribution in [0, 0.1) is 13.8 Å². The monoisotopic (exact) mass is 311 g/mol. The predicted octanol–water partition coefficient (Wildman–Crippen LogP) is 0.134. The molecule has 3 amide bonds. The van der Waals surface area contributed by atoms with E-state index in [2.05, 4.69) is 10.0 Å². The predicted molar refractivity (Wildman–Crippen MR) is 76.2 cm³/mol. The van der Waals surface area contributed by atoms with E-state index in [1.165, 1.54) is 6.07 Å². The zero-order valence-corrected chi connectivity index (χ0v) is 12.7. The van der Waals surface area contributed by atoms with E-state index >= 15 is 0 Å². The highest BCUT2D eigenvalue weighted by atomic mass is 32.2. The van der Waals surface area contributed by atoms with Crippen molar-refractivity contribution in [2.75, 3.05) is 19.6 Å². The molecule has 8 heteroatoms. The molecule has 1 aromatic carbocycles. The van der Waals surface area contributed by atoms with Crippen molar-refractivity contribution in [1.82, 2.24) is 14.9 Å². The average molecular weight is 311 g/mol. The molecule has 0 aromatic heterocycles. The molecule has 2 rings (SSSR count). The molecule has 0 atom stereocenters. The second-order valence-corrected chi connectivity index (χ2v) is 6.61. The van der Waals surface area contributed by atoms with Crippen LogP contribution in [0.2, 0.25) is 0 Å². The van der Waals surface area contributed by atoms with Crippen LogP contribution in [-0.2, 0) is 14.8 Å². The topological polar surface area (TPSA) is 95.6 Å². The molecule has 21 heavy (non-hydrogen) atoms. The number of amides is 3. The second-order valence-electron chi connectivity index (χ2n) is 4.85. The van der Waals surface area contributed by atoms with E-state index in [0.29, 0.717) is 0 Å². The summed E-state index contributed by atoms with van der Waals surface area (Å²) in [6, 6.07) is 4.36. The first kappa shape index (κ1) is 15.5. The first-order valence-corrected chi connectivity index (χ1v) is 7.95. The third kappa shape index (κ3) is 3.40. The molecule has 2 N–H and O–H groups in total. The average Bonchev–Trinajstić information content (AvgIpc) is 2.73. The maximum Gasteiger partial charge on any atom is 0.324 e. The van der Waals surface area contributed by atoms with Crippen LogP contribution in [0.25, 0.3) is 0 Å². The van der Waals surface area contributed by atoms with E-state index in [0.717, 1.165) is 16.0 Å². The van der Waals surface area contributed by atoms with E-state index in [4.69, 9.17) is 0 Å². The fourth-order valence-corrected chi connectivity index (χ4v) is 3.04. The van der Waals surface area contributed by atoms with E-state index in [1.807, 2.05) is 13.8 Å². The Labute approximate surface area is 123 Å². The second kappa shape index (κ2) is 5.82. The lowest BCUT2D eigenvalue weighted by atomic mass is 10.1. The summed E-state index contributed by atoms with van der Waals surface area (Å²) in [4.78, 5) is 23.8. The summed E-state index contributed by atoms with van der Waals surface area (Å²) in [6.45, 7) is 3.68. The van der Waals surface area contributed by atoms with Gasteiger partial charge in [0.15, 0.2) is 0 Å². The highest BCUT2D eigenvalue weighted by Crippen LogP contribution is 2.14. The number of aryl methyl sites for hydroxylation is 2. The standard InChI is InChI=1S/C13H17N3O4S/c1-9-3-4-11(7-10(9)2)21(19,20)15-5-6-16-12(17)8-14-13(16)18/h3-4,7,15H,5-6,8H2,1-2H3,(H,14,18). The summed E-state index contributed by atoms with van der Waals surface area (Å²) in [6.07, 6.45) is 0. The molecule has 0 spiro atoms. The van der Waals surface area contributed by atoms with Crippen molar-refractivity contribution >= 4 is 22.0 Å². The molecule has 1 fully saturated rings. The van der Waals surface area contributed by atoms with Gasteiger partial charge in [-0.25, -0.2) is 17.9 Å². The van der Waals surface area contributed by atoms with Crippen molar-refractivity contribution in [2.24, 2.45) is 0 Å². The minimum absolute atomic E-state index is 0.00867. The van der Waals surface area contributed by atoms with Gasteiger partial charge in [-0.1, -0.05) is 6.07 Å². The Morgan fingerprint density at radius 1 is 1.24 bits per heavy atom. The van der Waals surface area contributed by atoms with Gasteiger partial charge in [-0.2, -0.15) is 0 Å². The first-order chi connectivity index (χ1) is 9.81. The number of imide groups is 1. The quantitative estimate of drug-likeness (QED) is 0.756. The molecule has 1 aliphatic heterocycles. The van der Waals surface area contributed by atoms with Crippen molar-refractivity contribution in [1.29, 1.82) is 0 Å². The summed E-state index contributed by atoms with van der Waals surface area (Å²) in [5.74, 6) is -0.356. The van der Waals surface area contributed by atoms with Gasteiger partial charge in [-0.05, 0) is 37.1 Å². The lowest BCUT2D eigenvalue weighted by Gasteiger charge is -2.13. The molecule has 1 aromatic rings. The van der Waals surface area contributed by atoms with Gasteiger partial charge in [-0.15, -0.1) is 0 Å². The third-order valence-corrected chi connectivity index (χ3v) is 4.81. The number of nitrogens with zero attached hydrogens (tertiary/aromatic N) is 1. The molecule has 0 radical (unpaired) electrons. The molecular weight excluding hydrogens is 294 g/mol. The van der Waals surface area contributed by atoms with Crippen molar-refractivity contribution in [3.05, 3.63) is 29.3 Å². The number of nitrogens with one attached hydrogen (secondary N) is 2. The maximum absolute atomic E-state index is 12.1. The summed E-state index contributed by atoms with van der Waals surface area (Å²) in [5.41, 5.74) is 1.89. The molecule has 0 bridgehead atoms. The van der Waals surface area contributed by atoms with Crippen LogP contribution in [0.3, 0.4) is 0 Å². The Kier molecular flexibility index (Phi) is 4.29. The van der Waals surface area contributed by atoms with Gasteiger partial charge in [0.25, 0.3) is 0 Å². The van der Waals surface area contributed by atoms with E-state index in [1.54, 1.807) is 12.1 Å². The van der Waals surface area contributed by atoms with Crippen LogP contribution in [0.4, 0.5) is 4.79 Å². The van der Waals surface area contributed by atoms with Crippen LogP contribution in [-0.4, -0.2) is 44.9 Å². The largest absolute Gasteiger partial charge is 0.329 e. The van der Waals surface area contributed by atoms with Crippen LogP contribution in [0.5, 0.6) is 0 Å². The van der Waals surface area contributed by atoms with Crippen LogP contribution < -0.4 is 10.0 Å². The lowest BCUT2D eigenvalue weighted by Crippen LogP contribution is -2.38. The summed E-state index contributed by atoms with van der Waals surface area (Å²) in [7, 11) is -3.65. The van der Waals surface area contributed by atoms with Crippen molar-refractivity contribution < 1.29 is 18.0 Å². The van der Waals surface area contributed by atoms with Crippen LogP contribution in [0.15, 0.2) is 23.1 Å². The Morgan fingerprint density at radius 3 is 2.52 bits per heavy atom. The molecule has 114 valence electrons. The van der Waals surface area contributed by atoms with Gasteiger partial charge >= 0.3 is 6.03 Å². The van der Waals surface area contributed by atoms with Gasteiger partial charge in [-0.3, -0.25) is 9.69 Å². The van der Waals surface area contributed by atoms with Crippen LogP contribution in [0.1, 0.15) is 11.1 Å². The first-order valence-electron chi connectivity index (χ1n) is 6.46. The lowest BCUT2D eigenvalue weighted by molar-refractivity contribution is -0.124. The van der Waals surface area contributed by atoms with Gasteiger partial charge in [0, 0.05) is 13.1 Å². The molecule has 0 saturated carbocycles. The number of benzene rings is 1. The smallest absolute Gasteiger partial charge is 0.324 e. The summed E-state index contributed by atoms with van der Waals surface area (Å²) in [5, 5.41) is 2.37. The third-order valence-electron chi connectivity index (χ3n) is 3.35. The highest BCUT2D eigenvalue weighted by Gasteiger charge is 2.28. The van der Waals surface area contributed by atoms with Gasteiger partial charge in [0.2, 0.25) is 15.9 Å². The van der Waals surface area contributed by atoms with Crippen molar-refractivity contribution in [2.45, 2.75) is 18.7 Å². The summed E-state index contributed by atoms with van der Waals surface area (Å²) >= 11 is 0.